The molecule has 106 valence electrons. The lowest BCUT2D eigenvalue weighted by Crippen LogP contribution is -2.55. The van der Waals surface area contributed by atoms with E-state index in [4.69, 9.17) is 0 Å². The van der Waals surface area contributed by atoms with Gasteiger partial charge >= 0.3 is 0 Å². The summed E-state index contributed by atoms with van der Waals surface area (Å²) in [6.45, 7) is 7.06. The molecular formula is C13H29N3O2+2. The Bertz CT molecular complexity index is 306. The average molecular weight is 259 g/mol. The third kappa shape index (κ3) is 8.22. The third-order valence-electron chi connectivity index (χ3n) is 2.52. The molecule has 0 aromatic heterocycles. The van der Waals surface area contributed by atoms with E-state index in [9.17, 15) is 9.90 Å². The van der Waals surface area contributed by atoms with Crippen LogP contribution in [0.25, 0.3) is 0 Å². The van der Waals surface area contributed by atoms with Crippen molar-refractivity contribution < 1.29 is 18.9 Å². The van der Waals surface area contributed by atoms with Crippen molar-refractivity contribution in [1.29, 1.82) is 0 Å². The van der Waals surface area contributed by atoms with Crippen molar-refractivity contribution in [2.45, 2.75) is 13.0 Å². The monoisotopic (exact) mass is 259 g/mol. The molecule has 0 aromatic rings. The zero-order chi connectivity index (χ0) is 14.6. The fourth-order valence-corrected chi connectivity index (χ4v) is 1.76. The topological polar surface area (TPSA) is 49.3 Å². The summed E-state index contributed by atoms with van der Waals surface area (Å²) in [5, 5.41) is 12.8. The predicted octanol–water partition coefficient (Wildman–Crippen LogP) is -0.220. The summed E-state index contributed by atoms with van der Waals surface area (Å²) >= 11 is 0. The molecule has 0 saturated heterocycles. The zero-order valence-corrected chi connectivity index (χ0v) is 12.7. The molecule has 5 nitrogen and oxygen atoms in total. The van der Waals surface area contributed by atoms with Crippen LogP contribution in [-0.4, -0.2) is 81.1 Å². The summed E-state index contributed by atoms with van der Waals surface area (Å²) < 4.78 is 1.26. The highest BCUT2D eigenvalue weighted by atomic mass is 16.3. The van der Waals surface area contributed by atoms with Crippen LogP contribution in [0.15, 0.2) is 12.2 Å². The fraction of sp³-hybridized carbons (Fsp3) is 0.769. The molecule has 1 amide bonds. The van der Waals surface area contributed by atoms with Gasteiger partial charge < -0.3 is 19.4 Å². The van der Waals surface area contributed by atoms with Gasteiger partial charge in [0.2, 0.25) is 0 Å². The van der Waals surface area contributed by atoms with Crippen molar-refractivity contribution in [2.75, 3.05) is 55.0 Å². The number of hydrogen-bond acceptors (Lipinski definition) is 2. The molecule has 0 bridgehead atoms. The van der Waals surface area contributed by atoms with Crippen LogP contribution in [0.5, 0.6) is 0 Å². The minimum Gasteiger partial charge on any atom is -0.382 e. The second-order valence-corrected chi connectivity index (χ2v) is 6.69. The lowest BCUT2D eigenvalue weighted by molar-refractivity contribution is -0.908. The number of aliphatic hydroxyl groups is 1. The van der Waals surface area contributed by atoms with Crippen molar-refractivity contribution in [3.05, 3.63) is 12.2 Å². The molecule has 0 radical (unpaired) electrons. The van der Waals surface area contributed by atoms with E-state index in [-0.39, 0.29) is 12.0 Å². The third-order valence-corrected chi connectivity index (χ3v) is 2.52. The van der Waals surface area contributed by atoms with Crippen LogP contribution in [-0.2, 0) is 4.79 Å². The van der Waals surface area contributed by atoms with E-state index in [1.165, 1.54) is 0 Å². The van der Waals surface area contributed by atoms with Crippen LogP contribution in [0.4, 0.5) is 0 Å². The van der Waals surface area contributed by atoms with Gasteiger partial charge in [-0.05, 0) is 6.92 Å². The number of carbonyl (C=O) groups is 1. The number of nitrogens with one attached hydrogen (secondary N) is 1. The number of nitrogens with zero attached hydrogens (tertiary/aromatic N) is 2. The van der Waals surface area contributed by atoms with Crippen molar-refractivity contribution in [3.63, 3.8) is 0 Å². The quantitative estimate of drug-likeness (QED) is 0.377. The molecule has 0 aliphatic carbocycles. The van der Waals surface area contributed by atoms with Gasteiger partial charge in [-0.1, -0.05) is 6.58 Å². The Hall–Kier alpha value is -0.910. The molecule has 1 unspecified atom stereocenters. The average Bonchev–Trinajstić information content (AvgIpc) is 2.09. The Balaban J connectivity index is 4.22. The number of hydrogen-bond donors (Lipinski definition) is 2. The Morgan fingerprint density at radius 1 is 1.22 bits per heavy atom. The number of carbonyl (C=O) groups excluding carboxylic acids is 1. The minimum absolute atomic E-state index is 0.137. The molecule has 0 aromatic carbocycles. The number of rotatable bonds is 7. The Morgan fingerprint density at radius 3 is 2.11 bits per heavy atom. The first-order valence-electron chi connectivity index (χ1n) is 6.17. The molecule has 5 heteroatoms. The maximum atomic E-state index is 11.4. The highest BCUT2D eigenvalue weighted by Crippen LogP contribution is 2.02. The van der Waals surface area contributed by atoms with Crippen LogP contribution in [0.1, 0.15) is 6.92 Å². The van der Waals surface area contributed by atoms with E-state index >= 15 is 0 Å². The van der Waals surface area contributed by atoms with Gasteiger partial charge in [-0.15, -0.1) is 0 Å². The van der Waals surface area contributed by atoms with Crippen LogP contribution < -0.4 is 5.32 Å². The van der Waals surface area contributed by atoms with Gasteiger partial charge in [-0.25, -0.2) is 0 Å². The fourth-order valence-electron chi connectivity index (χ4n) is 1.76. The number of quaternary nitrogens is 2. The summed E-state index contributed by atoms with van der Waals surface area (Å²) in [6, 6.07) is 0. The zero-order valence-electron chi connectivity index (χ0n) is 12.7. The van der Waals surface area contributed by atoms with Crippen molar-refractivity contribution >= 4 is 5.91 Å². The summed E-state index contributed by atoms with van der Waals surface area (Å²) in [4.78, 5) is 11.4. The Labute approximate surface area is 111 Å². The number of aliphatic hydroxyl groups excluding tert-OH is 1. The lowest BCUT2D eigenvalue weighted by atomic mass is 10.2. The summed E-state index contributed by atoms with van der Waals surface area (Å²) in [5.74, 6) is -0.137. The second-order valence-electron chi connectivity index (χ2n) is 6.69. The van der Waals surface area contributed by atoms with E-state index in [1.807, 2.05) is 35.2 Å². The molecule has 0 heterocycles. The highest BCUT2D eigenvalue weighted by Gasteiger charge is 2.25. The van der Waals surface area contributed by atoms with Crippen LogP contribution >= 0.6 is 0 Å². The minimum atomic E-state index is -0.387. The lowest BCUT2D eigenvalue weighted by Gasteiger charge is -2.34. The molecule has 0 aliphatic heterocycles. The summed E-state index contributed by atoms with van der Waals surface area (Å²) in [7, 11) is 10.1. The highest BCUT2D eigenvalue weighted by molar-refractivity contribution is 5.91. The maximum Gasteiger partial charge on any atom is 0.250 e. The smallest absolute Gasteiger partial charge is 0.250 e. The van der Waals surface area contributed by atoms with Gasteiger partial charge in [-0.3, -0.25) is 4.79 Å². The van der Waals surface area contributed by atoms with Crippen LogP contribution in [0.3, 0.4) is 0 Å². The van der Waals surface area contributed by atoms with Gasteiger partial charge in [0.15, 0.2) is 12.8 Å². The van der Waals surface area contributed by atoms with E-state index < -0.39 is 0 Å². The van der Waals surface area contributed by atoms with Crippen molar-refractivity contribution in [1.82, 2.24) is 5.32 Å². The molecule has 2 N–H and O–H groups in total. The largest absolute Gasteiger partial charge is 0.382 e. The first kappa shape index (κ1) is 17.1. The summed E-state index contributed by atoms with van der Waals surface area (Å²) in [5.41, 5.74) is 0.502. The Morgan fingerprint density at radius 2 is 1.72 bits per heavy atom. The van der Waals surface area contributed by atoms with Crippen molar-refractivity contribution in [2.24, 2.45) is 0 Å². The molecule has 0 aliphatic rings. The Kier molecular flexibility index (Phi) is 5.99. The first-order chi connectivity index (χ1) is 7.93. The van der Waals surface area contributed by atoms with Gasteiger partial charge in [0.05, 0.1) is 35.2 Å². The predicted molar refractivity (Wildman–Crippen MR) is 73.7 cm³/mol. The van der Waals surface area contributed by atoms with Crippen molar-refractivity contribution in [3.8, 4) is 0 Å². The molecule has 0 spiro atoms. The van der Waals surface area contributed by atoms with Crippen LogP contribution in [0, 0.1) is 0 Å². The van der Waals surface area contributed by atoms with Gasteiger partial charge in [0, 0.05) is 5.57 Å². The molecule has 0 saturated carbocycles. The first-order valence-corrected chi connectivity index (χ1v) is 6.17. The molecule has 0 fully saturated rings. The standard InChI is InChI=1S/C13H28N3O2/c1-11(2)13(18)14-10-16(6,7)9-12(17)8-15(3,4)5/h12,17H,1,8-10H2,2-7H3/q+1/p+1. The number of likely N-dealkylation sites (N-methyl/N-ethyl adjacent to an activating group) is 2. The molecule has 0 rings (SSSR count). The van der Waals surface area contributed by atoms with E-state index in [1.54, 1.807) is 6.92 Å². The van der Waals surface area contributed by atoms with E-state index in [0.717, 1.165) is 4.48 Å². The molecule has 18 heavy (non-hydrogen) atoms. The molecular weight excluding hydrogens is 230 g/mol. The normalized spacial score (nSPS) is 14.2. The summed E-state index contributed by atoms with van der Waals surface area (Å²) in [6.07, 6.45) is -0.387. The molecule has 1 atom stereocenters. The maximum absolute atomic E-state index is 11.4. The van der Waals surface area contributed by atoms with Gasteiger partial charge in [-0.2, -0.15) is 0 Å². The van der Waals surface area contributed by atoms with Gasteiger partial charge in [0.1, 0.15) is 13.1 Å². The van der Waals surface area contributed by atoms with E-state index in [2.05, 4.69) is 11.9 Å². The van der Waals surface area contributed by atoms with E-state index in [0.29, 0.717) is 29.8 Å². The van der Waals surface area contributed by atoms with Crippen LogP contribution in [0.2, 0.25) is 0 Å². The second kappa shape index (κ2) is 6.31. The van der Waals surface area contributed by atoms with Gasteiger partial charge in [0.25, 0.3) is 5.91 Å². The number of amides is 1. The SMILES string of the molecule is C=C(C)C(=O)NC[N+](C)(C)CC(O)C[N+](C)(C)C.